The van der Waals surface area contributed by atoms with Crippen LogP contribution in [0.25, 0.3) is 0 Å². The first-order chi connectivity index (χ1) is 43.2. The molecule has 0 aliphatic heterocycles. The number of carbonyl (C=O) groups is 3. The van der Waals surface area contributed by atoms with Gasteiger partial charge in [-0.1, -0.05) is 252 Å². The van der Waals surface area contributed by atoms with Crippen LogP contribution in [0.2, 0.25) is 0 Å². The Morgan fingerprint density at radius 1 is 0.189 bits per heavy atom. The second-order valence-corrected chi connectivity index (χ2v) is 22.3. The third-order valence-corrected chi connectivity index (χ3v) is 13.0. The molecule has 0 heterocycles. The average Bonchev–Trinajstić information content (AvgIpc) is 3.55. The lowest BCUT2D eigenvalue weighted by Crippen LogP contribution is -2.15. The quantitative estimate of drug-likeness (QED) is 0.0283. The highest BCUT2D eigenvalue weighted by molar-refractivity contribution is 5.67. The van der Waals surface area contributed by atoms with Gasteiger partial charge in [-0.3, -0.25) is 14.4 Å². The fourth-order valence-corrected chi connectivity index (χ4v) is 7.23. The number of aliphatic hydroxyl groups excluding tert-OH is 18. The van der Waals surface area contributed by atoms with Crippen molar-refractivity contribution in [2.75, 3.05) is 79.3 Å². The number of carboxylic acid groups (broad SMARTS) is 3. The Balaban J connectivity index is -0.000000123. The van der Waals surface area contributed by atoms with Crippen LogP contribution in [0.4, 0.5) is 0 Å². The fraction of sp³-hybridized carbons (Fsp3) is 0.955. The molecule has 24 nitrogen and oxygen atoms in total. The van der Waals surface area contributed by atoms with Crippen LogP contribution in [-0.2, 0) is 14.4 Å². The minimum absolute atomic E-state index is 0.345. The van der Waals surface area contributed by atoms with Crippen LogP contribution < -0.4 is 0 Å². The van der Waals surface area contributed by atoms with Crippen LogP contribution >= 0.6 is 0 Å². The zero-order chi connectivity index (χ0) is 70.4. The van der Waals surface area contributed by atoms with Crippen molar-refractivity contribution in [3.05, 3.63) is 0 Å². The van der Waals surface area contributed by atoms with E-state index in [1.807, 2.05) is 0 Å². The van der Waals surface area contributed by atoms with Crippen molar-refractivity contribution >= 4 is 17.9 Å². The summed E-state index contributed by atoms with van der Waals surface area (Å²) in [5.74, 6) is -1.96. The molecule has 0 aromatic rings. The van der Waals surface area contributed by atoms with Crippen LogP contribution in [0.1, 0.15) is 290 Å². The lowest BCUT2D eigenvalue weighted by atomic mass is 10.0. The van der Waals surface area contributed by atoms with Gasteiger partial charge in [0.25, 0.3) is 0 Å². The van der Waals surface area contributed by atoms with Crippen molar-refractivity contribution in [3.8, 4) is 0 Å². The molecule has 0 unspecified atom stereocenters. The first-order valence-electron chi connectivity index (χ1n) is 34.2. The normalized spacial score (nSPS) is 10.4. The summed E-state index contributed by atoms with van der Waals surface area (Å²) in [7, 11) is 0. The lowest BCUT2D eigenvalue weighted by molar-refractivity contribution is -0.138. The Labute approximate surface area is 544 Å². The Hall–Kier alpha value is -2.31. The van der Waals surface area contributed by atoms with Crippen LogP contribution in [0.15, 0.2) is 0 Å². The smallest absolute Gasteiger partial charge is 0.303 e. The minimum atomic E-state index is -0.954. The molecule has 0 saturated heterocycles. The molecule has 0 amide bonds. The number of hydrogen-bond donors (Lipinski definition) is 21. The van der Waals surface area contributed by atoms with Gasteiger partial charge in [-0.2, -0.15) is 0 Å². The molecule has 0 atom stereocenters. The highest BCUT2D eigenvalue weighted by Crippen LogP contribution is 2.16. The number of aliphatic hydroxyl groups is 18. The summed E-state index contributed by atoms with van der Waals surface area (Å²) < 4.78 is 0. The summed E-state index contributed by atoms with van der Waals surface area (Å²) in [5.41, 5.74) is 0. The molecule has 0 rings (SSSR count). The van der Waals surface area contributed by atoms with Gasteiger partial charge in [0.15, 0.2) is 0 Å². The molecule has 0 saturated carbocycles. The maximum absolute atomic E-state index is 10.3. The Bertz CT molecular complexity index is 1040. The van der Waals surface area contributed by atoms with Crippen LogP contribution in [0, 0.1) is 0 Å². The zero-order valence-electron chi connectivity index (χ0n) is 56.8. The first-order valence-corrected chi connectivity index (χ1v) is 34.2. The molecule has 0 aromatic heterocycles. The number of rotatable bonds is 54. The van der Waals surface area contributed by atoms with Crippen molar-refractivity contribution in [3.63, 3.8) is 0 Å². The van der Waals surface area contributed by atoms with Crippen LogP contribution in [0.5, 0.6) is 0 Å². The summed E-state index contributed by atoms with van der Waals surface area (Å²) in [6, 6.07) is 0. The highest BCUT2D eigenvalue weighted by Gasteiger charge is 2.02. The van der Waals surface area contributed by atoms with E-state index in [0.717, 1.165) is 38.5 Å². The minimum Gasteiger partial charge on any atom is -0.481 e. The summed E-state index contributed by atoms with van der Waals surface area (Å²) >= 11 is 0. The van der Waals surface area contributed by atoms with Crippen molar-refractivity contribution in [2.45, 2.75) is 327 Å². The highest BCUT2D eigenvalue weighted by atomic mass is 16.4. The SMILES string of the molecule is CCCCCCCCCCCCCCCC(=O)O.CCCCCCCCCCCCCCCC(=O)O.CCCCCCCCCCCCCCCC(=O)O.OCC(O)CO.OCC(O)CO.OCC(O)CO.OCC(O)CO.OCC(O)CO.OCC(O)CO. The zero-order valence-corrected chi connectivity index (χ0v) is 56.8. The molecule has 0 aromatic carbocycles. The maximum Gasteiger partial charge on any atom is 0.303 e. The van der Waals surface area contributed by atoms with E-state index in [9.17, 15) is 14.4 Å². The lowest BCUT2D eigenvalue weighted by Gasteiger charge is -2.02. The van der Waals surface area contributed by atoms with E-state index in [1.165, 1.54) is 212 Å². The largest absolute Gasteiger partial charge is 0.481 e. The third kappa shape index (κ3) is 138. The van der Waals surface area contributed by atoms with E-state index in [4.69, 9.17) is 107 Å². The summed E-state index contributed by atoms with van der Waals surface area (Å²) in [6.45, 7) is 2.41. The van der Waals surface area contributed by atoms with E-state index < -0.39 is 54.5 Å². The molecule has 24 heteroatoms. The van der Waals surface area contributed by atoms with Gasteiger partial charge in [0.2, 0.25) is 0 Å². The van der Waals surface area contributed by atoms with Gasteiger partial charge in [-0.05, 0) is 19.3 Å². The van der Waals surface area contributed by atoms with Gasteiger partial charge in [-0.25, -0.2) is 0 Å². The predicted octanol–water partition coefficient (Wildman–Crippen LogP) is 6.65. The number of unbranched alkanes of at least 4 members (excludes halogenated alkanes) is 36. The number of aliphatic carboxylic acids is 3. The van der Waals surface area contributed by atoms with Crippen molar-refractivity contribution in [1.82, 2.24) is 0 Å². The molecule has 0 aliphatic rings. The van der Waals surface area contributed by atoms with Gasteiger partial charge >= 0.3 is 17.9 Å². The average molecular weight is 1320 g/mol. The summed E-state index contributed by atoms with van der Waals surface area (Å²) in [5, 5.41) is 170. The monoisotopic (exact) mass is 1320 g/mol. The Kier molecular flexibility index (Phi) is 122. The molecule has 0 radical (unpaired) electrons. The number of carboxylic acids is 3. The van der Waals surface area contributed by atoms with E-state index >= 15 is 0 Å². The fourth-order valence-electron chi connectivity index (χ4n) is 7.23. The van der Waals surface area contributed by atoms with Crippen molar-refractivity contribution < 1.29 is 122 Å². The summed E-state index contributed by atoms with van der Waals surface area (Å²) in [4.78, 5) is 30.9. The Morgan fingerprint density at radius 3 is 0.344 bits per heavy atom. The van der Waals surface area contributed by atoms with Gasteiger partial charge in [-0.15, -0.1) is 0 Å². The van der Waals surface area contributed by atoms with E-state index in [1.54, 1.807) is 0 Å². The number of hydrogen-bond acceptors (Lipinski definition) is 21. The topological polar surface area (TPSA) is 476 Å². The predicted molar refractivity (Wildman–Crippen MR) is 355 cm³/mol. The van der Waals surface area contributed by atoms with Crippen molar-refractivity contribution in [1.29, 1.82) is 0 Å². The maximum atomic E-state index is 10.3. The summed E-state index contributed by atoms with van der Waals surface area (Å²) in [6.07, 6.45) is 46.1. The molecule has 90 heavy (non-hydrogen) atoms. The molecule has 0 fully saturated rings. The molecular formula is C66H144O24. The second kappa shape index (κ2) is 103. The van der Waals surface area contributed by atoms with Gasteiger partial charge < -0.3 is 107 Å². The van der Waals surface area contributed by atoms with Gasteiger partial charge in [0.05, 0.1) is 79.3 Å². The van der Waals surface area contributed by atoms with E-state index in [-0.39, 0.29) is 79.3 Å². The van der Waals surface area contributed by atoms with E-state index in [2.05, 4.69) is 20.8 Å². The van der Waals surface area contributed by atoms with Gasteiger partial charge in [0, 0.05) is 19.3 Å². The van der Waals surface area contributed by atoms with Crippen molar-refractivity contribution in [2.24, 2.45) is 0 Å². The third-order valence-electron chi connectivity index (χ3n) is 13.0. The standard InChI is InChI=1S/3C16H32O2.6C3H8O3/c3*1-2-3-4-5-6-7-8-9-10-11-12-13-14-15-16(17)18;6*4-1-3(6)2-5/h3*2-15H2,1H3,(H,17,18);6*3-6H,1-2H2. The molecule has 0 aliphatic carbocycles. The van der Waals surface area contributed by atoms with Gasteiger partial charge in [0.1, 0.15) is 36.6 Å². The second-order valence-electron chi connectivity index (χ2n) is 22.3. The van der Waals surface area contributed by atoms with Crippen LogP contribution in [-0.4, -0.2) is 241 Å². The first kappa shape index (κ1) is 106. The molecule has 0 bridgehead atoms. The molecular weight excluding hydrogens is 1180 g/mol. The molecule has 0 spiro atoms. The van der Waals surface area contributed by atoms with Crippen LogP contribution in [0.3, 0.4) is 0 Å². The molecule has 21 N–H and O–H groups in total. The van der Waals surface area contributed by atoms with E-state index in [0.29, 0.717) is 19.3 Å². The molecule has 552 valence electrons. The Morgan fingerprint density at radius 2 is 0.278 bits per heavy atom.